The summed E-state index contributed by atoms with van der Waals surface area (Å²) < 4.78 is 12.4. The first-order valence-corrected chi connectivity index (χ1v) is 5.77. The van der Waals surface area contributed by atoms with E-state index in [1.54, 1.807) is 36.1 Å². The number of methoxy groups -OCH3 is 1. The zero-order valence-electron chi connectivity index (χ0n) is 11.1. The molecular weight excluding hydrogens is 246 g/mol. The van der Waals surface area contributed by atoms with Crippen LogP contribution in [0.25, 0.3) is 0 Å². The summed E-state index contributed by atoms with van der Waals surface area (Å²) in [6.07, 6.45) is 1.77. The molecule has 0 unspecified atom stereocenters. The van der Waals surface area contributed by atoms with E-state index in [-0.39, 0.29) is 5.78 Å². The highest BCUT2D eigenvalue weighted by atomic mass is 16.5. The van der Waals surface area contributed by atoms with Crippen LogP contribution in [0, 0.1) is 0 Å². The second kappa shape index (κ2) is 5.51. The molecule has 1 aromatic carbocycles. The number of rotatable bonds is 5. The maximum absolute atomic E-state index is 11.3. The highest BCUT2D eigenvalue weighted by Gasteiger charge is 2.09. The van der Waals surface area contributed by atoms with Gasteiger partial charge in [0.25, 0.3) is 0 Å². The Kier molecular flexibility index (Phi) is 3.79. The normalized spacial score (nSPS) is 10.3. The molecule has 0 amide bonds. The zero-order chi connectivity index (χ0) is 13.8. The third-order valence-electron chi connectivity index (χ3n) is 2.60. The fourth-order valence-corrected chi connectivity index (χ4v) is 1.62. The summed E-state index contributed by atoms with van der Waals surface area (Å²) in [5.74, 6) is 1.08. The van der Waals surface area contributed by atoms with Gasteiger partial charge in [-0.15, -0.1) is 5.10 Å². The van der Waals surface area contributed by atoms with Crippen LogP contribution >= 0.6 is 0 Å². The van der Waals surface area contributed by atoms with E-state index in [4.69, 9.17) is 9.47 Å². The topological polar surface area (TPSA) is 66.2 Å². The summed E-state index contributed by atoms with van der Waals surface area (Å²) in [6.45, 7) is 1.80. The third kappa shape index (κ3) is 3.09. The lowest BCUT2D eigenvalue weighted by molar-refractivity contribution is 0.101. The van der Waals surface area contributed by atoms with Crippen LogP contribution in [0.15, 0.2) is 24.4 Å². The molecule has 6 heteroatoms. The van der Waals surface area contributed by atoms with E-state index in [0.29, 0.717) is 23.7 Å². The quantitative estimate of drug-likeness (QED) is 0.765. The van der Waals surface area contributed by atoms with E-state index in [0.717, 1.165) is 5.69 Å². The van der Waals surface area contributed by atoms with E-state index < -0.39 is 0 Å². The lowest BCUT2D eigenvalue weighted by atomic mass is 10.1. The standard InChI is InChI=1S/C13H15N3O3/c1-9(17)10-4-5-12(13(6-10)18-3)19-8-11-7-16(2)15-14-11/h4-7H,8H2,1-3H3. The monoisotopic (exact) mass is 261 g/mol. The van der Waals surface area contributed by atoms with Crippen LogP contribution < -0.4 is 9.47 Å². The Morgan fingerprint density at radius 3 is 2.74 bits per heavy atom. The van der Waals surface area contributed by atoms with Crippen molar-refractivity contribution >= 4 is 5.78 Å². The first kappa shape index (κ1) is 13.1. The van der Waals surface area contributed by atoms with Crippen molar-refractivity contribution in [2.75, 3.05) is 7.11 Å². The molecule has 2 rings (SSSR count). The molecule has 0 bridgehead atoms. The predicted molar refractivity (Wildman–Crippen MR) is 68.3 cm³/mol. The molecule has 0 aliphatic heterocycles. The van der Waals surface area contributed by atoms with Gasteiger partial charge in [0.1, 0.15) is 12.3 Å². The van der Waals surface area contributed by atoms with Crippen LogP contribution in [0.1, 0.15) is 23.0 Å². The molecule has 1 heterocycles. The highest BCUT2D eigenvalue weighted by molar-refractivity contribution is 5.94. The highest BCUT2D eigenvalue weighted by Crippen LogP contribution is 2.28. The first-order valence-electron chi connectivity index (χ1n) is 5.77. The fraction of sp³-hybridized carbons (Fsp3) is 0.308. The van der Waals surface area contributed by atoms with Crippen molar-refractivity contribution in [3.05, 3.63) is 35.7 Å². The minimum absolute atomic E-state index is 0.0150. The van der Waals surface area contributed by atoms with E-state index in [2.05, 4.69) is 10.3 Å². The number of nitrogens with zero attached hydrogens (tertiary/aromatic N) is 3. The van der Waals surface area contributed by atoms with Crippen molar-refractivity contribution in [1.29, 1.82) is 0 Å². The van der Waals surface area contributed by atoms with Gasteiger partial charge in [-0.25, -0.2) is 0 Å². The van der Waals surface area contributed by atoms with Gasteiger partial charge in [0.15, 0.2) is 17.3 Å². The van der Waals surface area contributed by atoms with Crippen LogP contribution in [0.3, 0.4) is 0 Å². The van der Waals surface area contributed by atoms with Gasteiger partial charge in [0.2, 0.25) is 0 Å². The average molecular weight is 261 g/mol. The van der Waals surface area contributed by atoms with Crippen LogP contribution in [-0.4, -0.2) is 27.9 Å². The number of aryl methyl sites for hydroxylation is 1. The molecule has 2 aromatic rings. The van der Waals surface area contributed by atoms with Gasteiger partial charge in [-0.3, -0.25) is 9.48 Å². The van der Waals surface area contributed by atoms with Gasteiger partial charge >= 0.3 is 0 Å². The Morgan fingerprint density at radius 2 is 2.16 bits per heavy atom. The average Bonchev–Trinajstić information content (AvgIpc) is 2.81. The number of benzene rings is 1. The van der Waals surface area contributed by atoms with E-state index in [1.807, 2.05) is 0 Å². The van der Waals surface area contributed by atoms with Gasteiger partial charge in [-0.05, 0) is 25.1 Å². The van der Waals surface area contributed by atoms with Crippen LogP contribution in [-0.2, 0) is 13.7 Å². The van der Waals surface area contributed by atoms with Gasteiger partial charge < -0.3 is 9.47 Å². The van der Waals surface area contributed by atoms with Crippen molar-refractivity contribution in [2.45, 2.75) is 13.5 Å². The lowest BCUT2D eigenvalue weighted by Gasteiger charge is -2.10. The van der Waals surface area contributed by atoms with Crippen molar-refractivity contribution in [1.82, 2.24) is 15.0 Å². The maximum Gasteiger partial charge on any atom is 0.161 e. The molecule has 0 radical (unpaired) electrons. The van der Waals surface area contributed by atoms with Gasteiger partial charge in [0.05, 0.1) is 13.3 Å². The van der Waals surface area contributed by atoms with Gasteiger partial charge in [-0.2, -0.15) is 0 Å². The molecule has 19 heavy (non-hydrogen) atoms. The molecular formula is C13H15N3O3. The number of aromatic nitrogens is 3. The Morgan fingerprint density at radius 1 is 1.37 bits per heavy atom. The molecule has 0 saturated carbocycles. The number of ketones is 1. The maximum atomic E-state index is 11.3. The van der Waals surface area contributed by atoms with Gasteiger partial charge in [-0.1, -0.05) is 5.21 Å². The molecule has 0 spiro atoms. The van der Waals surface area contributed by atoms with Gasteiger partial charge in [0, 0.05) is 12.6 Å². The van der Waals surface area contributed by atoms with Crippen LogP contribution in [0.2, 0.25) is 0 Å². The van der Waals surface area contributed by atoms with E-state index in [9.17, 15) is 4.79 Å². The molecule has 0 aliphatic carbocycles. The van der Waals surface area contributed by atoms with Crippen molar-refractivity contribution < 1.29 is 14.3 Å². The number of Topliss-reactive ketones (excluding diaryl/α,β-unsaturated/α-hetero) is 1. The molecule has 0 fully saturated rings. The second-order valence-corrected chi connectivity index (χ2v) is 4.09. The summed E-state index contributed by atoms with van der Waals surface area (Å²) in [6, 6.07) is 5.08. The summed E-state index contributed by atoms with van der Waals surface area (Å²) >= 11 is 0. The van der Waals surface area contributed by atoms with E-state index >= 15 is 0 Å². The van der Waals surface area contributed by atoms with Crippen molar-refractivity contribution in [2.24, 2.45) is 7.05 Å². The minimum atomic E-state index is -0.0150. The summed E-state index contributed by atoms with van der Waals surface area (Å²) in [5, 5.41) is 7.74. The summed E-state index contributed by atoms with van der Waals surface area (Å²) in [7, 11) is 3.33. The van der Waals surface area contributed by atoms with E-state index in [1.165, 1.54) is 14.0 Å². The molecule has 1 aromatic heterocycles. The minimum Gasteiger partial charge on any atom is -0.493 e. The van der Waals surface area contributed by atoms with Crippen LogP contribution in [0.5, 0.6) is 11.5 Å². The molecule has 0 atom stereocenters. The van der Waals surface area contributed by atoms with Crippen LogP contribution in [0.4, 0.5) is 0 Å². The SMILES string of the molecule is COc1cc(C(C)=O)ccc1OCc1cn(C)nn1. The summed E-state index contributed by atoms with van der Waals surface area (Å²) in [5.41, 5.74) is 1.31. The Balaban J connectivity index is 2.13. The fourth-order valence-electron chi connectivity index (χ4n) is 1.62. The number of hydrogen-bond donors (Lipinski definition) is 0. The van der Waals surface area contributed by atoms with Crippen molar-refractivity contribution in [3.63, 3.8) is 0 Å². The number of ether oxygens (including phenoxy) is 2. The second-order valence-electron chi connectivity index (χ2n) is 4.09. The molecule has 100 valence electrons. The van der Waals surface area contributed by atoms with Crippen molar-refractivity contribution in [3.8, 4) is 11.5 Å². The number of carbonyl (C=O) groups is 1. The Labute approximate surface area is 110 Å². The Hall–Kier alpha value is -2.37. The lowest BCUT2D eigenvalue weighted by Crippen LogP contribution is -2.00. The Bertz CT molecular complexity index is 593. The molecule has 6 nitrogen and oxygen atoms in total. The number of carbonyl (C=O) groups excluding carboxylic acids is 1. The molecule has 0 N–H and O–H groups in total. The number of hydrogen-bond acceptors (Lipinski definition) is 5. The third-order valence-corrected chi connectivity index (χ3v) is 2.60. The zero-order valence-corrected chi connectivity index (χ0v) is 11.1. The molecule has 0 aliphatic rings. The smallest absolute Gasteiger partial charge is 0.161 e. The molecule has 0 saturated heterocycles. The predicted octanol–water partition coefficient (Wildman–Crippen LogP) is 1.61. The first-order chi connectivity index (χ1) is 9.10. The summed E-state index contributed by atoms with van der Waals surface area (Å²) in [4.78, 5) is 11.3. The largest absolute Gasteiger partial charge is 0.493 e.